The molecule has 0 aliphatic rings. The third-order valence-corrected chi connectivity index (χ3v) is 10.7. The molecule has 0 spiro atoms. The Balaban J connectivity index is 1.15. The van der Waals surface area contributed by atoms with Gasteiger partial charge in [-0.05, 0) is 54.6 Å². The van der Waals surface area contributed by atoms with Crippen LogP contribution in [0.25, 0.3) is 104 Å². The molecule has 0 bridgehead atoms. The molecule has 51 heavy (non-hydrogen) atoms. The number of aromatic nitrogens is 4. The van der Waals surface area contributed by atoms with Crippen LogP contribution in [0.3, 0.4) is 0 Å². The van der Waals surface area contributed by atoms with Gasteiger partial charge < -0.3 is 8.98 Å². The van der Waals surface area contributed by atoms with Crippen LogP contribution in [0.15, 0.2) is 162 Å². The second-order valence-electron chi connectivity index (χ2n) is 12.4. The van der Waals surface area contributed by atoms with Crippen LogP contribution < -0.4 is 0 Å². The number of hydrogen-bond acceptors (Lipinski definition) is 5. The van der Waals surface area contributed by atoms with E-state index >= 15 is 0 Å². The Morgan fingerprint density at radius 1 is 0.510 bits per heavy atom. The van der Waals surface area contributed by atoms with Crippen molar-refractivity contribution in [3.05, 3.63) is 158 Å². The van der Waals surface area contributed by atoms with Gasteiger partial charge in [0, 0.05) is 70.2 Å². The van der Waals surface area contributed by atoms with Gasteiger partial charge in [-0.3, -0.25) is 0 Å². The molecule has 0 saturated heterocycles. The summed E-state index contributed by atoms with van der Waals surface area (Å²) < 4.78 is 53.7. The van der Waals surface area contributed by atoms with Crippen molar-refractivity contribution in [3.8, 4) is 39.9 Å². The summed E-state index contributed by atoms with van der Waals surface area (Å²) in [4.78, 5) is 14.7. The molecule has 11 aromatic rings. The van der Waals surface area contributed by atoms with Gasteiger partial charge in [-0.25, -0.2) is 15.0 Å². The van der Waals surface area contributed by atoms with Crippen molar-refractivity contribution in [1.82, 2.24) is 19.5 Å². The summed E-state index contributed by atoms with van der Waals surface area (Å²) >= 11 is 1.70. The van der Waals surface area contributed by atoms with Gasteiger partial charge in [0.25, 0.3) is 0 Å². The Kier molecular flexibility index (Phi) is 5.08. The highest BCUT2D eigenvalue weighted by molar-refractivity contribution is 7.25. The van der Waals surface area contributed by atoms with Gasteiger partial charge in [-0.1, -0.05) is 96.9 Å². The molecule has 0 N–H and O–H groups in total. The SMILES string of the molecule is [2H]c1c([2H])c([2H])c(-c2nc(-c3ccc4sc5ccccc5c4c3)nc(-c3cccc4oc5cc(-n6c7ccccc7c7ccccc76)ccc5c34)n2)c([2H])c1[2H]. The van der Waals surface area contributed by atoms with Crippen molar-refractivity contribution in [2.45, 2.75) is 0 Å². The maximum Gasteiger partial charge on any atom is 0.164 e. The predicted octanol–water partition coefficient (Wildman–Crippen LogP) is 12.2. The van der Waals surface area contributed by atoms with Crippen LogP contribution in [0.1, 0.15) is 6.85 Å². The fraction of sp³-hybridized carbons (Fsp3) is 0. The monoisotopic (exact) mass is 675 g/mol. The van der Waals surface area contributed by atoms with E-state index < -0.39 is 18.1 Å². The van der Waals surface area contributed by atoms with Crippen molar-refractivity contribution in [3.63, 3.8) is 0 Å². The molecule has 0 atom stereocenters. The summed E-state index contributed by atoms with van der Waals surface area (Å²) in [5.41, 5.74) is 5.73. The predicted molar refractivity (Wildman–Crippen MR) is 211 cm³/mol. The highest BCUT2D eigenvalue weighted by Crippen LogP contribution is 2.40. The number of hydrogen-bond donors (Lipinski definition) is 0. The minimum absolute atomic E-state index is 0.0178. The summed E-state index contributed by atoms with van der Waals surface area (Å²) in [6, 6.07) is 40.7. The van der Waals surface area contributed by atoms with Gasteiger partial charge in [0.2, 0.25) is 0 Å². The standard InChI is InChI=1S/C45H26N4OS/c1-2-11-27(12-3-1)43-46-44(28-21-24-41-35(25-28)32-15-6-9-20-40(32)51-41)48-45(47-43)34-16-10-19-38-42(34)33-23-22-29(26-39(33)50-38)49-36-17-7-4-13-30(36)31-14-5-8-18-37(31)49/h1-26H/i1D,2D,3D,11D,12D. The Morgan fingerprint density at radius 2 is 1.20 bits per heavy atom. The number of benzene rings is 7. The van der Waals surface area contributed by atoms with Crippen molar-refractivity contribution < 1.29 is 11.3 Å². The molecule has 7 aromatic carbocycles. The van der Waals surface area contributed by atoms with E-state index in [-0.39, 0.29) is 29.3 Å². The molecule has 6 heteroatoms. The van der Waals surface area contributed by atoms with Crippen LogP contribution >= 0.6 is 11.3 Å². The van der Waals surface area contributed by atoms with E-state index in [0.717, 1.165) is 47.7 Å². The van der Waals surface area contributed by atoms with Crippen molar-refractivity contribution in [2.75, 3.05) is 0 Å². The smallest absolute Gasteiger partial charge is 0.164 e. The number of rotatable bonds is 4. The maximum atomic E-state index is 8.81. The number of fused-ring (bicyclic) bond motifs is 9. The lowest BCUT2D eigenvalue weighted by molar-refractivity contribution is 0.668. The average molecular weight is 676 g/mol. The van der Waals surface area contributed by atoms with Crippen molar-refractivity contribution >= 4 is 75.3 Å². The van der Waals surface area contributed by atoms with Crippen molar-refractivity contribution in [2.24, 2.45) is 0 Å². The molecular weight excluding hydrogens is 645 g/mol. The molecule has 0 aliphatic heterocycles. The summed E-state index contributed by atoms with van der Waals surface area (Å²) in [7, 11) is 0. The fourth-order valence-corrected chi connectivity index (χ4v) is 8.39. The van der Waals surface area contributed by atoms with Crippen LogP contribution in [0, 0.1) is 0 Å². The summed E-state index contributed by atoms with van der Waals surface area (Å²) in [5.74, 6) is 0.579. The molecule has 5 nitrogen and oxygen atoms in total. The Morgan fingerprint density at radius 3 is 2.00 bits per heavy atom. The fourth-order valence-electron chi connectivity index (χ4n) is 7.30. The Bertz CT molecular complexity index is 3380. The molecule has 4 heterocycles. The largest absolute Gasteiger partial charge is 0.456 e. The van der Waals surface area contributed by atoms with Gasteiger partial charge in [0.15, 0.2) is 17.5 Å². The van der Waals surface area contributed by atoms with Gasteiger partial charge in [-0.15, -0.1) is 11.3 Å². The first kappa shape index (κ1) is 23.7. The van der Waals surface area contributed by atoms with E-state index in [0.29, 0.717) is 28.1 Å². The lowest BCUT2D eigenvalue weighted by Crippen LogP contribution is -2.00. The van der Waals surface area contributed by atoms with Crippen LogP contribution in [-0.4, -0.2) is 19.5 Å². The molecule has 0 radical (unpaired) electrons. The highest BCUT2D eigenvalue weighted by atomic mass is 32.1. The minimum atomic E-state index is -0.483. The second-order valence-corrected chi connectivity index (χ2v) is 13.5. The third-order valence-electron chi connectivity index (χ3n) is 9.55. The molecule has 0 unspecified atom stereocenters. The van der Waals surface area contributed by atoms with Gasteiger partial charge in [0.1, 0.15) is 11.2 Å². The molecule has 4 aromatic heterocycles. The van der Waals surface area contributed by atoms with Crippen molar-refractivity contribution in [1.29, 1.82) is 0 Å². The maximum absolute atomic E-state index is 8.81. The molecule has 0 fully saturated rings. The molecule has 11 rings (SSSR count). The molecule has 0 amide bonds. The average Bonchev–Trinajstić information content (AvgIpc) is 3.91. The summed E-state index contributed by atoms with van der Waals surface area (Å²) in [6.45, 7) is 0. The molecule has 238 valence electrons. The first-order valence-corrected chi connectivity index (χ1v) is 17.3. The van der Waals surface area contributed by atoms with E-state index in [1.54, 1.807) is 11.3 Å². The topological polar surface area (TPSA) is 56.7 Å². The number of furan rings is 1. The first-order chi connectivity index (χ1) is 27.3. The Hall–Kier alpha value is -6.63. The lowest BCUT2D eigenvalue weighted by Gasteiger charge is -2.10. The summed E-state index contributed by atoms with van der Waals surface area (Å²) in [5, 5.41) is 6.15. The minimum Gasteiger partial charge on any atom is -0.456 e. The third kappa shape index (κ3) is 4.37. The molecule has 0 aliphatic carbocycles. The van der Waals surface area contributed by atoms with Crippen LogP contribution in [0.2, 0.25) is 0 Å². The summed E-state index contributed by atoms with van der Waals surface area (Å²) in [6.07, 6.45) is 0. The number of nitrogens with zero attached hydrogens (tertiary/aromatic N) is 4. The normalized spacial score (nSPS) is 13.3. The van der Waals surface area contributed by atoms with Gasteiger partial charge >= 0.3 is 0 Å². The van der Waals surface area contributed by atoms with Crippen LogP contribution in [-0.2, 0) is 0 Å². The van der Waals surface area contributed by atoms with Crippen LogP contribution in [0.5, 0.6) is 0 Å². The van der Waals surface area contributed by atoms with E-state index in [4.69, 9.17) is 26.2 Å². The lowest BCUT2D eigenvalue weighted by atomic mass is 10.0. The molecular formula is C45H26N4OS. The zero-order chi connectivity index (χ0) is 37.8. The number of para-hydroxylation sites is 2. The van der Waals surface area contributed by atoms with Crippen LogP contribution in [0.4, 0.5) is 0 Å². The van der Waals surface area contributed by atoms with E-state index in [9.17, 15) is 0 Å². The molecule has 0 saturated carbocycles. The van der Waals surface area contributed by atoms with Gasteiger partial charge in [0.05, 0.1) is 17.9 Å². The van der Waals surface area contributed by atoms with Gasteiger partial charge in [-0.2, -0.15) is 0 Å². The first-order valence-electron chi connectivity index (χ1n) is 19.0. The number of thiophene rings is 1. The quantitative estimate of drug-likeness (QED) is 0.186. The van der Waals surface area contributed by atoms with E-state index in [1.165, 1.54) is 10.8 Å². The highest BCUT2D eigenvalue weighted by Gasteiger charge is 2.20. The zero-order valence-corrected chi connectivity index (χ0v) is 27.5. The van der Waals surface area contributed by atoms with E-state index in [1.807, 2.05) is 60.7 Å². The van der Waals surface area contributed by atoms with E-state index in [2.05, 4.69) is 71.3 Å². The Labute approximate surface area is 302 Å². The second kappa shape index (κ2) is 10.9. The zero-order valence-electron chi connectivity index (χ0n) is 31.7.